The summed E-state index contributed by atoms with van der Waals surface area (Å²) in [6, 6.07) is 15.0. The van der Waals surface area contributed by atoms with Gasteiger partial charge in [-0.1, -0.05) is 30.3 Å². The van der Waals surface area contributed by atoms with E-state index in [0.717, 1.165) is 23.3 Å². The maximum atomic E-state index is 12.8. The molecular formula is C23H22N2O5S. The van der Waals surface area contributed by atoms with Gasteiger partial charge in [-0.25, -0.2) is 9.78 Å². The lowest BCUT2D eigenvalue weighted by Gasteiger charge is -2.08. The summed E-state index contributed by atoms with van der Waals surface area (Å²) in [5.74, 6) is 0.313. The Balaban J connectivity index is 1.51. The van der Waals surface area contributed by atoms with Gasteiger partial charge in [0.15, 0.2) is 22.3 Å². The summed E-state index contributed by atoms with van der Waals surface area (Å²) in [5, 5.41) is 3.13. The first-order valence-electron chi connectivity index (χ1n) is 9.97. The van der Waals surface area contributed by atoms with Crippen LogP contribution in [0, 0.1) is 0 Å². The van der Waals surface area contributed by atoms with Crippen LogP contribution in [-0.4, -0.2) is 37.2 Å². The highest BCUT2D eigenvalue weighted by molar-refractivity contribution is 7.16. The van der Waals surface area contributed by atoms with Gasteiger partial charge in [0.25, 0.3) is 5.91 Å². The predicted molar refractivity (Wildman–Crippen MR) is 117 cm³/mol. The van der Waals surface area contributed by atoms with Crippen LogP contribution in [0.25, 0.3) is 0 Å². The molecule has 1 aromatic heterocycles. The molecule has 0 radical (unpaired) electrons. The van der Waals surface area contributed by atoms with Crippen molar-refractivity contribution in [2.24, 2.45) is 0 Å². The van der Waals surface area contributed by atoms with Gasteiger partial charge in [-0.2, -0.15) is 0 Å². The summed E-state index contributed by atoms with van der Waals surface area (Å²) in [4.78, 5) is 30.0. The summed E-state index contributed by atoms with van der Waals surface area (Å²) in [5.41, 5.74) is 1.81. The van der Waals surface area contributed by atoms with Crippen LogP contribution in [0.5, 0.6) is 11.5 Å². The van der Waals surface area contributed by atoms with E-state index in [1.807, 2.05) is 30.3 Å². The molecule has 1 N–H and O–H groups in total. The van der Waals surface area contributed by atoms with Crippen molar-refractivity contribution >= 4 is 28.3 Å². The van der Waals surface area contributed by atoms with Gasteiger partial charge >= 0.3 is 5.97 Å². The first kappa shape index (κ1) is 20.9. The quantitative estimate of drug-likeness (QED) is 0.583. The van der Waals surface area contributed by atoms with Gasteiger partial charge in [0.1, 0.15) is 0 Å². The molecule has 4 rings (SSSR count). The lowest BCUT2D eigenvalue weighted by Crippen LogP contribution is -2.12. The van der Waals surface area contributed by atoms with E-state index in [-0.39, 0.29) is 11.6 Å². The number of aryl methyl sites for hydroxylation is 2. The van der Waals surface area contributed by atoms with Gasteiger partial charge in [0.2, 0.25) is 0 Å². The molecule has 1 aliphatic rings. The largest absolute Gasteiger partial charge is 0.490 e. The predicted octanol–water partition coefficient (Wildman–Crippen LogP) is 4.13. The van der Waals surface area contributed by atoms with E-state index in [2.05, 4.69) is 10.3 Å². The first-order chi connectivity index (χ1) is 15.1. The van der Waals surface area contributed by atoms with Crippen molar-refractivity contribution in [3.8, 4) is 11.5 Å². The number of thiazole rings is 1. The topological polar surface area (TPSA) is 86.8 Å². The number of ether oxygens (including phenoxy) is 3. The van der Waals surface area contributed by atoms with Gasteiger partial charge in [-0.3, -0.25) is 10.1 Å². The van der Waals surface area contributed by atoms with Crippen LogP contribution in [0.1, 0.15) is 37.7 Å². The Morgan fingerprint density at radius 2 is 1.84 bits per heavy atom. The summed E-state index contributed by atoms with van der Waals surface area (Å²) in [6.45, 7) is 1.12. The van der Waals surface area contributed by atoms with Crippen molar-refractivity contribution < 1.29 is 23.8 Å². The second-order valence-electron chi connectivity index (χ2n) is 6.93. The van der Waals surface area contributed by atoms with Gasteiger partial charge in [0.05, 0.1) is 20.3 Å². The van der Waals surface area contributed by atoms with Crippen molar-refractivity contribution in [2.75, 3.05) is 25.6 Å². The lowest BCUT2D eigenvalue weighted by atomic mass is 10.1. The molecule has 1 aliphatic heterocycles. The third kappa shape index (κ3) is 5.03. The van der Waals surface area contributed by atoms with Crippen LogP contribution in [0.15, 0.2) is 48.5 Å². The molecule has 0 saturated heterocycles. The summed E-state index contributed by atoms with van der Waals surface area (Å²) < 4.78 is 16.1. The van der Waals surface area contributed by atoms with E-state index in [1.54, 1.807) is 18.2 Å². The fraction of sp³-hybridized carbons (Fsp3) is 0.261. The van der Waals surface area contributed by atoms with Crippen molar-refractivity contribution in [1.29, 1.82) is 0 Å². The molecule has 0 unspecified atom stereocenters. The van der Waals surface area contributed by atoms with Crippen LogP contribution in [0.3, 0.4) is 0 Å². The fourth-order valence-electron chi connectivity index (χ4n) is 3.21. The third-order valence-electron chi connectivity index (χ3n) is 4.79. The van der Waals surface area contributed by atoms with Gasteiger partial charge in [-0.05, 0) is 36.6 Å². The first-order valence-corrected chi connectivity index (χ1v) is 10.8. The smallest absolute Gasteiger partial charge is 0.357 e. The van der Waals surface area contributed by atoms with Crippen LogP contribution in [0.4, 0.5) is 5.13 Å². The lowest BCUT2D eigenvalue weighted by molar-refractivity contribution is 0.0593. The van der Waals surface area contributed by atoms with E-state index in [0.29, 0.717) is 41.8 Å². The minimum atomic E-state index is -0.518. The monoisotopic (exact) mass is 438 g/mol. The molecule has 0 saturated carbocycles. The number of anilines is 1. The van der Waals surface area contributed by atoms with E-state index >= 15 is 0 Å². The van der Waals surface area contributed by atoms with Gasteiger partial charge in [0, 0.05) is 16.9 Å². The molecule has 0 fully saturated rings. The van der Waals surface area contributed by atoms with E-state index in [9.17, 15) is 9.59 Å². The number of amides is 1. The number of methoxy groups -OCH3 is 1. The Labute approximate surface area is 184 Å². The number of benzene rings is 2. The Morgan fingerprint density at radius 3 is 2.61 bits per heavy atom. The van der Waals surface area contributed by atoms with Crippen LogP contribution in [0.2, 0.25) is 0 Å². The average Bonchev–Trinajstić information content (AvgIpc) is 3.05. The average molecular weight is 439 g/mol. The fourth-order valence-corrected chi connectivity index (χ4v) is 4.15. The van der Waals surface area contributed by atoms with Crippen molar-refractivity contribution in [1.82, 2.24) is 4.98 Å². The van der Waals surface area contributed by atoms with Gasteiger partial charge < -0.3 is 14.2 Å². The normalized spacial score (nSPS) is 12.7. The van der Waals surface area contributed by atoms with Crippen molar-refractivity contribution in [3.05, 3.63) is 70.2 Å². The standard InChI is InChI=1S/C23H22N2O5S/c1-28-22(27)20-19(11-8-15-6-3-2-4-7-15)31-23(24-20)25-21(26)16-9-10-17-18(14-16)30-13-5-12-29-17/h2-4,6-7,9-10,14H,5,8,11-13H2,1H3,(H,24,25,26). The molecule has 31 heavy (non-hydrogen) atoms. The highest BCUT2D eigenvalue weighted by atomic mass is 32.1. The molecule has 0 bridgehead atoms. The number of nitrogens with one attached hydrogen (secondary N) is 1. The van der Waals surface area contributed by atoms with Crippen LogP contribution >= 0.6 is 11.3 Å². The number of carbonyl (C=O) groups is 2. The molecule has 160 valence electrons. The Morgan fingerprint density at radius 1 is 1.06 bits per heavy atom. The number of carbonyl (C=O) groups excluding carboxylic acids is 2. The molecule has 1 amide bonds. The van der Waals surface area contributed by atoms with Gasteiger partial charge in [-0.15, -0.1) is 11.3 Å². The number of esters is 1. The molecule has 8 heteroatoms. The number of hydrogen-bond donors (Lipinski definition) is 1. The number of nitrogens with zero attached hydrogens (tertiary/aromatic N) is 1. The number of fused-ring (bicyclic) bond motifs is 1. The summed E-state index contributed by atoms with van der Waals surface area (Å²) in [6.07, 6.45) is 2.16. The number of hydrogen-bond acceptors (Lipinski definition) is 7. The van der Waals surface area contributed by atoms with Crippen LogP contribution < -0.4 is 14.8 Å². The maximum Gasteiger partial charge on any atom is 0.357 e. The minimum absolute atomic E-state index is 0.234. The zero-order valence-corrected chi connectivity index (χ0v) is 17.9. The zero-order chi connectivity index (χ0) is 21.6. The molecule has 7 nitrogen and oxygen atoms in total. The summed E-state index contributed by atoms with van der Waals surface area (Å²) in [7, 11) is 1.32. The SMILES string of the molecule is COC(=O)c1nc(NC(=O)c2ccc3c(c2)OCCCO3)sc1CCc1ccccc1. The number of rotatable bonds is 6. The molecular weight excluding hydrogens is 416 g/mol. The molecule has 3 aromatic rings. The third-order valence-corrected chi connectivity index (χ3v) is 5.82. The molecule has 0 atom stereocenters. The Kier molecular flexibility index (Phi) is 6.47. The Bertz CT molecular complexity index is 1080. The van der Waals surface area contributed by atoms with E-state index < -0.39 is 5.97 Å². The zero-order valence-electron chi connectivity index (χ0n) is 17.1. The second kappa shape index (κ2) is 9.61. The van der Waals surface area contributed by atoms with Crippen molar-refractivity contribution in [3.63, 3.8) is 0 Å². The van der Waals surface area contributed by atoms with E-state index in [1.165, 1.54) is 18.4 Å². The Hall–Kier alpha value is -3.39. The highest BCUT2D eigenvalue weighted by Gasteiger charge is 2.21. The highest BCUT2D eigenvalue weighted by Crippen LogP contribution is 2.31. The van der Waals surface area contributed by atoms with Crippen molar-refractivity contribution in [2.45, 2.75) is 19.3 Å². The summed E-state index contributed by atoms with van der Waals surface area (Å²) >= 11 is 1.28. The second-order valence-corrected chi connectivity index (χ2v) is 8.02. The maximum absolute atomic E-state index is 12.8. The van der Waals surface area contributed by atoms with Crippen LogP contribution in [-0.2, 0) is 17.6 Å². The molecule has 0 spiro atoms. The van der Waals surface area contributed by atoms with E-state index in [4.69, 9.17) is 14.2 Å². The molecule has 2 aromatic carbocycles. The minimum Gasteiger partial charge on any atom is -0.490 e. The molecule has 2 heterocycles. The number of aromatic nitrogens is 1. The molecule has 0 aliphatic carbocycles.